The van der Waals surface area contributed by atoms with Crippen LogP contribution < -0.4 is 5.32 Å². The van der Waals surface area contributed by atoms with E-state index in [0.29, 0.717) is 17.8 Å². The van der Waals surface area contributed by atoms with Gasteiger partial charge in [-0.15, -0.1) is 0 Å². The third kappa shape index (κ3) is 4.22. The number of ether oxygens (including phenoxy) is 1. The van der Waals surface area contributed by atoms with Crippen LogP contribution in [-0.2, 0) is 11.3 Å². The fraction of sp³-hybridized carbons (Fsp3) is 0.435. The first-order chi connectivity index (χ1) is 14.4. The highest BCUT2D eigenvalue weighted by atomic mass is 16.5. The fourth-order valence-electron chi connectivity index (χ4n) is 4.19. The number of fused-ring (bicyclic) bond motifs is 1. The molecule has 0 spiro atoms. The van der Waals surface area contributed by atoms with Crippen molar-refractivity contribution < 1.29 is 19.4 Å². The Morgan fingerprint density at radius 3 is 2.73 bits per heavy atom. The molecule has 0 unspecified atom stereocenters. The molecule has 2 aromatic rings. The lowest BCUT2D eigenvalue weighted by atomic mass is 9.94. The summed E-state index contributed by atoms with van der Waals surface area (Å²) >= 11 is 0. The maximum absolute atomic E-state index is 12.4. The van der Waals surface area contributed by atoms with Crippen LogP contribution in [0.1, 0.15) is 62.0 Å². The predicted molar refractivity (Wildman–Crippen MR) is 111 cm³/mol. The molecule has 0 radical (unpaired) electrons. The maximum Gasteiger partial charge on any atom is 0.338 e. The minimum absolute atomic E-state index is 0.110. The minimum Gasteiger partial charge on any atom is -0.457 e. The first-order valence-electron chi connectivity index (χ1n) is 10.4. The molecular formula is C23H27N3O4. The summed E-state index contributed by atoms with van der Waals surface area (Å²) in [5, 5.41) is 13.9. The summed E-state index contributed by atoms with van der Waals surface area (Å²) in [5.41, 5.74) is 4.71. The van der Waals surface area contributed by atoms with Gasteiger partial charge in [0.25, 0.3) is 5.91 Å². The van der Waals surface area contributed by atoms with Crippen LogP contribution in [-0.4, -0.2) is 52.5 Å². The van der Waals surface area contributed by atoms with Gasteiger partial charge in [-0.3, -0.25) is 9.78 Å². The largest absolute Gasteiger partial charge is 0.457 e. The Morgan fingerprint density at radius 2 is 2.03 bits per heavy atom. The molecule has 2 N–H and O–H groups in total. The lowest BCUT2D eigenvalue weighted by Gasteiger charge is -2.33. The molecule has 4 rings (SSSR count). The Morgan fingerprint density at radius 1 is 1.27 bits per heavy atom. The Kier molecular flexibility index (Phi) is 5.83. The molecule has 1 saturated heterocycles. The van der Waals surface area contributed by atoms with Crippen molar-refractivity contribution in [3.63, 3.8) is 0 Å². The third-order valence-electron chi connectivity index (χ3n) is 6.06. The smallest absolute Gasteiger partial charge is 0.338 e. The first kappa shape index (κ1) is 20.5. The van der Waals surface area contributed by atoms with E-state index in [4.69, 9.17) is 4.74 Å². The van der Waals surface area contributed by atoms with Crippen LogP contribution in [0.5, 0.6) is 0 Å². The van der Waals surface area contributed by atoms with E-state index in [0.717, 1.165) is 48.2 Å². The van der Waals surface area contributed by atoms with Crippen LogP contribution in [0, 0.1) is 13.8 Å². The lowest BCUT2D eigenvalue weighted by Crippen LogP contribution is -2.45. The van der Waals surface area contributed by atoms with Crippen molar-refractivity contribution in [3.8, 4) is 0 Å². The molecule has 2 aliphatic heterocycles. The zero-order valence-electron chi connectivity index (χ0n) is 17.4. The van der Waals surface area contributed by atoms with Crippen LogP contribution in [0.25, 0.3) is 0 Å². The second-order valence-electron chi connectivity index (χ2n) is 8.17. The maximum atomic E-state index is 12.4. The summed E-state index contributed by atoms with van der Waals surface area (Å²) in [4.78, 5) is 30.5. The Labute approximate surface area is 176 Å². The van der Waals surface area contributed by atoms with Gasteiger partial charge in [-0.2, -0.15) is 0 Å². The van der Waals surface area contributed by atoms with Gasteiger partial charge < -0.3 is 20.1 Å². The van der Waals surface area contributed by atoms with Crippen molar-refractivity contribution in [3.05, 3.63) is 64.0 Å². The predicted octanol–water partition coefficient (Wildman–Crippen LogP) is 2.30. The van der Waals surface area contributed by atoms with Gasteiger partial charge in [-0.1, -0.05) is 12.1 Å². The normalized spacial score (nSPS) is 18.0. The van der Waals surface area contributed by atoms with E-state index < -0.39 is 6.10 Å². The number of aliphatic hydroxyl groups excluding tert-OH is 1. The molecule has 0 aliphatic carbocycles. The molecule has 1 amide bonds. The minimum atomic E-state index is -0.631. The molecule has 158 valence electrons. The number of hydrogen-bond donors (Lipinski definition) is 2. The van der Waals surface area contributed by atoms with Gasteiger partial charge in [0.15, 0.2) is 0 Å². The molecule has 1 fully saturated rings. The average Bonchev–Trinajstić information content (AvgIpc) is 3.12. The highest BCUT2D eigenvalue weighted by Crippen LogP contribution is 2.29. The van der Waals surface area contributed by atoms with Gasteiger partial charge in [0.2, 0.25) is 0 Å². The average molecular weight is 409 g/mol. The number of cyclic esters (lactones) is 1. The molecule has 30 heavy (non-hydrogen) atoms. The number of esters is 1. The number of benzene rings is 1. The summed E-state index contributed by atoms with van der Waals surface area (Å²) in [6, 6.07) is 7.31. The van der Waals surface area contributed by atoms with E-state index in [-0.39, 0.29) is 24.5 Å². The van der Waals surface area contributed by atoms with Crippen molar-refractivity contribution in [1.29, 1.82) is 0 Å². The standard InChI is InChI=1S/C23H27N3O4/c1-14-3-6-20(24-11-14)22(28)25-16-7-9-26(10-8-16)12-21(27)17-4-5-18-19(15(17)2)13-30-23(18)29/h3-6,11,16,21,27H,7-10,12-13H2,1-2H3,(H,25,28)/t21-/m0/s1. The number of carbonyl (C=O) groups is 2. The van der Waals surface area contributed by atoms with Crippen molar-refractivity contribution in [2.45, 2.75) is 45.4 Å². The zero-order chi connectivity index (χ0) is 21.3. The SMILES string of the molecule is Cc1ccc(C(=O)NC2CCN(C[C@H](O)c3ccc4c(c3C)COC4=O)CC2)nc1. The fourth-order valence-corrected chi connectivity index (χ4v) is 4.19. The number of nitrogens with one attached hydrogen (secondary N) is 1. The molecule has 1 aromatic carbocycles. The second-order valence-corrected chi connectivity index (χ2v) is 8.17. The van der Waals surface area contributed by atoms with E-state index in [9.17, 15) is 14.7 Å². The number of aryl methyl sites for hydroxylation is 1. The molecule has 7 nitrogen and oxygen atoms in total. The lowest BCUT2D eigenvalue weighted by molar-refractivity contribution is 0.0534. The summed E-state index contributed by atoms with van der Waals surface area (Å²) in [5.74, 6) is -0.432. The van der Waals surface area contributed by atoms with Crippen LogP contribution >= 0.6 is 0 Å². The highest BCUT2D eigenvalue weighted by Gasteiger charge is 2.27. The summed E-state index contributed by atoms with van der Waals surface area (Å²) in [6.45, 7) is 6.27. The van der Waals surface area contributed by atoms with Crippen LogP contribution in [0.3, 0.4) is 0 Å². The van der Waals surface area contributed by atoms with Gasteiger partial charge in [-0.25, -0.2) is 4.79 Å². The highest BCUT2D eigenvalue weighted by molar-refractivity contribution is 5.94. The van der Waals surface area contributed by atoms with Gasteiger partial charge >= 0.3 is 5.97 Å². The number of aromatic nitrogens is 1. The number of pyridine rings is 1. The van der Waals surface area contributed by atoms with Crippen molar-refractivity contribution in [2.24, 2.45) is 0 Å². The van der Waals surface area contributed by atoms with Gasteiger partial charge in [-0.05, 0) is 55.5 Å². The number of amides is 1. The van der Waals surface area contributed by atoms with Gasteiger partial charge in [0.05, 0.1) is 11.7 Å². The summed E-state index contributed by atoms with van der Waals surface area (Å²) in [6.07, 6.45) is 2.72. The van der Waals surface area contributed by atoms with E-state index >= 15 is 0 Å². The van der Waals surface area contributed by atoms with Crippen molar-refractivity contribution in [1.82, 2.24) is 15.2 Å². The molecule has 2 aliphatic rings. The monoisotopic (exact) mass is 409 g/mol. The molecule has 0 bridgehead atoms. The summed E-state index contributed by atoms with van der Waals surface area (Å²) in [7, 11) is 0. The van der Waals surface area contributed by atoms with E-state index in [1.165, 1.54) is 0 Å². The first-order valence-corrected chi connectivity index (χ1v) is 10.4. The Balaban J connectivity index is 1.30. The Hall–Kier alpha value is -2.77. The van der Waals surface area contributed by atoms with Crippen molar-refractivity contribution in [2.75, 3.05) is 19.6 Å². The number of β-amino-alcohol motifs (C(OH)–C–C–N with tert-alkyl or cyclic N) is 1. The quantitative estimate of drug-likeness (QED) is 0.737. The van der Waals surface area contributed by atoms with Gasteiger partial charge in [0, 0.05) is 37.4 Å². The number of rotatable bonds is 5. The van der Waals surface area contributed by atoms with Crippen molar-refractivity contribution >= 4 is 11.9 Å². The Bertz CT molecular complexity index is 950. The molecule has 7 heteroatoms. The molecule has 1 aromatic heterocycles. The number of piperidine rings is 1. The van der Waals surface area contributed by atoms with E-state index in [1.54, 1.807) is 18.3 Å². The van der Waals surface area contributed by atoms with E-state index in [1.807, 2.05) is 26.0 Å². The number of carbonyl (C=O) groups excluding carboxylic acids is 2. The summed E-state index contributed by atoms with van der Waals surface area (Å²) < 4.78 is 5.10. The molecule has 1 atom stereocenters. The second kappa shape index (κ2) is 8.53. The van der Waals surface area contributed by atoms with E-state index in [2.05, 4.69) is 15.2 Å². The molecule has 0 saturated carbocycles. The molecular weight excluding hydrogens is 382 g/mol. The third-order valence-corrected chi connectivity index (χ3v) is 6.06. The number of hydrogen-bond acceptors (Lipinski definition) is 6. The number of nitrogens with zero attached hydrogens (tertiary/aromatic N) is 2. The van der Waals surface area contributed by atoms with Crippen LogP contribution in [0.4, 0.5) is 0 Å². The number of likely N-dealkylation sites (tertiary alicyclic amines) is 1. The van der Waals surface area contributed by atoms with Crippen LogP contribution in [0.15, 0.2) is 30.5 Å². The molecule has 3 heterocycles. The van der Waals surface area contributed by atoms with Gasteiger partial charge in [0.1, 0.15) is 12.3 Å². The number of aliphatic hydroxyl groups is 1. The topological polar surface area (TPSA) is 91.8 Å². The van der Waals surface area contributed by atoms with Crippen LogP contribution in [0.2, 0.25) is 0 Å². The zero-order valence-corrected chi connectivity index (χ0v) is 17.4.